The second-order valence-corrected chi connectivity index (χ2v) is 4.17. The number of nitrogens with zero attached hydrogens (tertiary/aromatic N) is 2. The topological polar surface area (TPSA) is 82.3 Å². The van der Waals surface area contributed by atoms with Gasteiger partial charge in [0.2, 0.25) is 11.8 Å². The molecule has 0 radical (unpaired) electrons. The maximum atomic E-state index is 5.60. The van der Waals surface area contributed by atoms with Crippen molar-refractivity contribution in [3.8, 4) is 5.88 Å². The number of methoxy groups -OCH3 is 2. The summed E-state index contributed by atoms with van der Waals surface area (Å²) in [5.41, 5.74) is 5.60. The zero-order valence-corrected chi connectivity index (χ0v) is 10.1. The van der Waals surface area contributed by atoms with Crippen LogP contribution in [0.4, 0.5) is 11.8 Å². The van der Waals surface area contributed by atoms with Crippen molar-refractivity contribution in [1.82, 2.24) is 9.97 Å². The monoisotopic (exact) mass is 238 g/mol. The quantitative estimate of drug-likeness (QED) is 0.815. The molecule has 1 aliphatic carbocycles. The molecule has 0 aliphatic heterocycles. The van der Waals surface area contributed by atoms with Crippen LogP contribution in [0.3, 0.4) is 0 Å². The van der Waals surface area contributed by atoms with E-state index in [-0.39, 0.29) is 5.95 Å². The van der Waals surface area contributed by atoms with Gasteiger partial charge in [0.1, 0.15) is 5.82 Å². The summed E-state index contributed by atoms with van der Waals surface area (Å²) < 4.78 is 10.4. The first-order chi connectivity index (χ1) is 8.21. The minimum atomic E-state index is 0.216. The molecule has 94 valence electrons. The molecule has 2 unspecified atom stereocenters. The summed E-state index contributed by atoms with van der Waals surface area (Å²) in [5.74, 6) is 1.39. The molecule has 0 aromatic carbocycles. The van der Waals surface area contributed by atoms with Gasteiger partial charge in [-0.15, -0.1) is 0 Å². The third-order valence-corrected chi connectivity index (χ3v) is 3.00. The Bertz CT molecular complexity index is 386. The van der Waals surface area contributed by atoms with E-state index in [0.717, 1.165) is 19.3 Å². The Balaban J connectivity index is 2.01. The minimum absolute atomic E-state index is 0.216. The molecule has 1 aliphatic rings. The SMILES string of the molecule is COc1cc(NC2CCC(OC)C2)nc(N)n1. The van der Waals surface area contributed by atoms with Gasteiger partial charge in [-0.05, 0) is 19.3 Å². The molecule has 0 saturated heterocycles. The predicted molar refractivity (Wildman–Crippen MR) is 65.1 cm³/mol. The molecular formula is C11H18N4O2. The molecule has 0 bridgehead atoms. The van der Waals surface area contributed by atoms with Gasteiger partial charge in [0.25, 0.3) is 0 Å². The van der Waals surface area contributed by atoms with Crippen molar-refractivity contribution in [2.24, 2.45) is 0 Å². The summed E-state index contributed by atoms with van der Waals surface area (Å²) >= 11 is 0. The third kappa shape index (κ3) is 2.97. The average Bonchev–Trinajstić information content (AvgIpc) is 2.76. The number of anilines is 2. The Morgan fingerprint density at radius 1 is 1.35 bits per heavy atom. The minimum Gasteiger partial charge on any atom is -0.481 e. The lowest BCUT2D eigenvalue weighted by Gasteiger charge is -2.14. The number of hydrogen-bond donors (Lipinski definition) is 2. The van der Waals surface area contributed by atoms with Gasteiger partial charge >= 0.3 is 0 Å². The number of nitrogen functional groups attached to an aromatic ring is 1. The van der Waals surface area contributed by atoms with Gasteiger partial charge in [-0.3, -0.25) is 0 Å². The Morgan fingerprint density at radius 2 is 2.18 bits per heavy atom. The van der Waals surface area contributed by atoms with Crippen LogP contribution in [-0.2, 0) is 4.74 Å². The van der Waals surface area contributed by atoms with Crippen LogP contribution in [-0.4, -0.2) is 36.3 Å². The zero-order chi connectivity index (χ0) is 12.3. The van der Waals surface area contributed by atoms with Crippen LogP contribution in [0, 0.1) is 0 Å². The fraction of sp³-hybridized carbons (Fsp3) is 0.636. The molecule has 2 atom stereocenters. The number of aromatic nitrogens is 2. The van der Waals surface area contributed by atoms with Gasteiger partial charge in [0, 0.05) is 19.2 Å². The van der Waals surface area contributed by atoms with E-state index in [4.69, 9.17) is 15.2 Å². The molecule has 2 rings (SSSR count). The zero-order valence-electron chi connectivity index (χ0n) is 10.1. The van der Waals surface area contributed by atoms with E-state index in [9.17, 15) is 0 Å². The van der Waals surface area contributed by atoms with Crippen LogP contribution in [0.5, 0.6) is 5.88 Å². The lowest BCUT2D eigenvalue weighted by molar-refractivity contribution is 0.108. The molecule has 0 amide bonds. The lowest BCUT2D eigenvalue weighted by Crippen LogP contribution is -2.18. The van der Waals surface area contributed by atoms with E-state index >= 15 is 0 Å². The normalized spacial score (nSPS) is 23.6. The van der Waals surface area contributed by atoms with Crippen molar-refractivity contribution in [1.29, 1.82) is 0 Å². The Hall–Kier alpha value is -1.56. The van der Waals surface area contributed by atoms with E-state index in [1.807, 2.05) is 0 Å². The molecule has 3 N–H and O–H groups in total. The maximum absolute atomic E-state index is 5.60. The first-order valence-corrected chi connectivity index (χ1v) is 5.69. The van der Waals surface area contributed by atoms with E-state index in [1.165, 1.54) is 0 Å². The van der Waals surface area contributed by atoms with Gasteiger partial charge in [0.15, 0.2) is 0 Å². The number of hydrogen-bond acceptors (Lipinski definition) is 6. The van der Waals surface area contributed by atoms with E-state index in [1.54, 1.807) is 20.3 Å². The molecular weight excluding hydrogens is 220 g/mol. The molecule has 17 heavy (non-hydrogen) atoms. The van der Waals surface area contributed by atoms with E-state index < -0.39 is 0 Å². The third-order valence-electron chi connectivity index (χ3n) is 3.00. The Kier molecular flexibility index (Phi) is 3.63. The number of rotatable bonds is 4. The van der Waals surface area contributed by atoms with Crippen molar-refractivity contribution in [2.75, 3.05) is 25.3 Å². The van der Waals surface area contributed by atoms with E-state index in [2.05, 4.69) is 15.3 Å². The average molecular weight is 238 g/mol. The molecule has 1 aromatic rings. The highest BCUT2D eigenvalue weighted by Gasteiger charge is 2.24. The predicted octanol–water partition coefficient (Wildman–Crippen LogP) is 1.05. The molecule has 1 aromatic heterocycles. The van der Waals surface area contributed by atoms with Crippen LogP contribution in [0.1, 0.15) is 19.3 Å². The summed E-state index contributed by atoms with van der Waals surface area (Å²) in [6.07, 6.45) is 3.48. The fourth-order valence-electron chi connectivity index (χ4n) is 2.12. The smallest absolute Gasteiger partial charge is 0.225 e. The summed E-state index contributed by atoms with van der Waals surface area (Å²) in [6, 6.07) is 2.12. The summed E-state index contributed by atoms with van der Waals surface area (Å²) in [6.45, 7) is 0. The maximum Gasteiger partial charge on any atom is 0.225 e. The summed E-state index contributed by atoms with van der Waals surface area (Å²) in [4.78, 5) is 8.07. The van der Waals surface area contributed by atoms with Crippen molar-refractivity contribution < 1.29 is 9.47 Å². The van der Waals surface area contributed by atoms with Crippen molar-refractivity contribution in [2.45, 2.75) is 31.4 Å². The molecule has 0 spiro atoms. The standard InChI is InChI=1S/C11H18N4O2/c1-16-8-4-3-7(5-8)13-9-6-10(17-2)15-11(12)14-9/h6-8H,3-5H2,1-2H3,(H3,12,13,14,15). The molecule has 6 heteroatoms. The summed E-state index contributed by atoms with van der Waals surface area (Å²) in [5, 5.41) is 3.33. The van der Waals surface area contributed by atoms with Crippen LogP contribution >= 0.6 is 0 Å². The largest absolute Gasteiger partial charge is 0.481 e. The van der Waals surface area contributed by atoms with Gasteiger partial charge < -0.3 is 20.5 Å². The Morgan fingerprint density at radius 3 is 2.82 bits per heavy atom. The second kappa shape index (κ2) is 5.18. The summed E-state index contributed by atoms with van der Waals surface area (Å²) in [7, 11) is 3.31. The van der Waals surface area contributed by atoms with Gasteiger partial charge in [-0.2, -0.15) is 9.97 Å². The molecule has 1 heterocycles. The molecule has 6 nitrogen and oxygen atoms in total. The number of nitrogens with one attached hydrogen (secondary N) is 1. The van der Waals surface area contributed by atoms with Crippen LogP contribution in [0.2, 0.25) is 0 Å². The van der Waals surface area contributed by atoms with Gasteiger partial charge in [-0.1, -0.05) is 0 Å². The van der Waals surface area contributed by atoms with Gasteiger partial charge in [-0.25, -0.2) is 0 Å². The van der Waals surface area contributed by atoms with Crippen LogP contribution in [0.25, 0.3) is 0 Å². The van der Waals surface area contributed by atoms with Gasteiger partial charge in [0.05, 0.1) is 13.2 Å². The highest BCUT2D eigenvalue weighted by Crippen LogP contribution is 2.25. The molecule has 1 fully saturated rings. The van der Waals surface area contributed by atoms with Crippen LogP contribution in [0.15, 0.2) is 6.07 Å². The first kappa shape index (κ1) is 11.9. The molecule has 1 saturated carbocycles. The van der Waals surface area contributed by atoms with Crippen LogP contribution < -0.4 is 15.8 Å². The van der Waals surface area contributed by atoms with Crippen molar-refractivity contribution in [3.63, 3.8) is 0 Å². The highest BCUT2D eigenvalue weighted by molar-refractivity contribution is 5.43. The fourth-order valence-corrected chi connectivity index (χ4v) is 2.12. The van der Waals surface area contributed by atoms with Crippen molar-refractivity contribution in [3.05, 3.63) is 6.07 Å². The Labute approximate surface area is 101 Å². The highest BCUT2D eigenvalue weighted by atomic mass is 16.5. The lowest BCUT2D eigenvalue weighted by atomic mass is 10.2. The number of nitrogens with two attached hydrogens (primary N) is 1. The first-order valence-electron chi connectivity index (χ1n) is 5.69. The second-order valence-electron chi connectivity index (χ2n) is 4.17. The van der Waals surface area contributed by atoms with Crippen molar-refractivity contribution >= 4 is 11.8 Å². The van der Waals surface area contributed by atoms with E-state index in [0.29, 0.717) is 23.8 Å². The number of ether oxygens (including phenoxy) is 2.